The molecule has 94 valence electrons. The third kappa shape index (κ3) is 3.47. The zero-order chi connectivity index (χ0) is 12.3. The van der Waals surface area contributed by atoms with Gasteiger partial charge in [0.1, 0.15) is 5.75 Å². The summed E-state index contributed by atoms with van der Waals surface area (Å²) in [6.45, 7) is 2.32. The van der Waals surface area contributed by atoms with Crippen LogP contribution in [0.4, 0.5) is 0 Å². The van der Waals surface area contributed by atoms with Gasteiger partial charge in [-0.15, -0.1) is 0 Å². The number of halogens is 2. The van der Waals surface area contributed by atoms with E-state index in [0.717, 1.165) is 21.5 Å². The lowest BCUT2D eigenvalue weighted by molar-refractivity contribution is 0.127. The first-order chi connectivity index (χ1) is 8.20. The van der Waals surface area contributed by atoms with E-state index < -0.39 is 0 Å². The van der Waals surface area contributed by atoms with Crippen LogP contribution in [-0.2, 0) is 5.33 Å². The van der Waals surface area contributed by atoms with Crippen molar-refractivity contribution in [2.24, 2.45) is 5.92 Å². The minimum Gasteiger partial charge on any atom is -0.489 e. The van der Waals surface area contributed by atoms with Gasteiger partial charge in [0.05, 0.1) is 10.6 Å². The first kappa shape index (κ1) is 13.4. The van der Waals surface area contributed by atoms with Crippen LogP contribution in [0.5, 0.6) is 5.75 Å². The maximum atomic E-state index is 6.20. The van der Waals surface area contributed by atoms with E-state index in [-0.39, 0.29) is 0 Å². The number of ether oxygens (including phenoxy) is 1. The fraction of sp³-hybridized carbons (Fsp3) is 0.571. The minimum atomic E-state index is 0.384. The van der Waals surface area contributed by atoms with Gasteiger partial charge in [-0.1, -0.05) is 41.4 Å². The van der Waals surface area contributed by atoms with Crippen molar-refractivity contribution in [3.05, 3.63) is 28.2 Å². The van der Waals surface area contributed by atoms with Crippen molar-refractivity contribution in [1.82, 2.24) is 0 Å². The van der Waals surface area contributed by atoms with E-state index >= 15 is 0 Å². The van der Waals surface area contributed by atoms with E-state index in [1.54, 1.807) is 0 Å². The third-order valence-electron chi connectivity index (χ3n) is 3.37. The van der Waals surface area contributed by atoms with Crippen LogP contribution in [0.25, 0.3) is 0 Å². The van der Waals surface area contributed by atoms with E-state index in [4.69, 9.17) is 4.74 Å². The summed E-state index contributed by atoms with van der Waals surface area (Å²) in [4.78, 5) is 0. The van der Waals surface area contributed by atoms with Crippen molar-refractivity contribution in [3.63, 3.8) is 0 Å². The Morgan fingerprint density at radius 1 is 1.35 bits per heavy atom. The highest BCUT2D eigenvalue weighted by atomic mass is 79.9. The molecule has 3 heteroatoms. The number of alkyl halides is 1. The molecule has 0 saturated heterocycles. The molecule has 17 heavy (non-hydrogen) atoms. The molecular formula is C14H18Br2O. The van der Waals surface area contributed by atoms with Crippen molar-refractivity contribution in [2.45, 2.75) is 44.0 Å². The molecule has 2 rings (SSSR count). The molecule has 1 saturated carbocycles. The summed E-state index contributed by atoms with van der Waals surface area (Å²) in [5, 5.41) is 0.837. The Balaban J connectivity index is 2.12. The monoisotopic (exact) mass is 360 g/mol. The van der Waals surface area contributed by atoms with Gasteiger partial charge in [0, 0.05) is 10.9 Å². The average molecular weight is 362 g/mol. The number of para-hydroxylation sites is 1. The van der Waals surface area contributed by atoms with Gasteiger partial charge in [-0.3, -0.25) is 0 Å². The molecule has 2 unspecified atom stereocenters. The molecule has 1 fully saturated rings. The van der Waals surface area contributed by atoms with Gasteiger partial charge in [0.15, 0.2) is 0 Å². The Labute approximate surface area is 120 Å². The van der Waals surface area contributed by atoms with E-state index in [9.17, 15) is 0 Å². The highest BCUT2D eigenvalue weighted by molar-refractivity contribution is 9.10. The largest absolute Gasteiger partial charge is 0.489 e. The van der Waals surface area contributed by atoms with Crippen molar-refractivity contribution >= 4 is 31.9 Å². The molecule has 0 N–H and O–H groups in total. The quantitative estimate of drug-likeness (QED) is 0.663. The first-order valence-electron chi connectivity index (χ1n) is 6.20. The smallest absolute Gasteiger partial charge is 0.137 e. The molecule has 0 bridgehead atoms. The number of hydrogen-bond donors (Lipinski definition) is 0. The van der Waals surface area contributed by atoms with Gasteiger partial charge in [0.25, 0.3) is 0 Å². The number of hydrogen-bond acceptors (Lipinski definition) is 1. The second-order valence-corrected chi connectivity index (χ2v) is 6.29. The predicted octanol–water partition coefficient (Wildman–Crippen LogP) is 5.30. The molecular weight excluding hydrogens is 344 g/mol. The molecule has 2 atom stereocenters. The summed E-state index contributed by atoms with van der Waals surface area (Å²) in [6.07, 6.45) is 5.40. The van der Waals surface area contributed by atoms with Crippen LogP contribution in [0.2, 0.25) is 0 Å². The Hall–Kier alpha value is -0.0200. The zero-order valence-corrected chi connectivity index (χ0v) is 13.3. The second kappa shape index (κ2) is 6.24. The van der Waals surface area contributed by atoms with Crippen LogP contribution >= 0.6 is 31.9 Å². The molecule has 1 aromatic rings. The lowest BCUT2D eigenvalue weighted by Gasteiger charge is -2.28. The van der Waals surface area contributed by atoms with E-state index in [2.05, 4.69) is 50.9 Å². The molecule has 0 radical (unpaired) electrons. The Morgan fingerprint density at radius 2 is 2.18 bits per heavy atom. The lowest BCUT2D eigenvalue weighted by atomic mass is 9.88. The first-order valence-corrected chi connectivity index (χ1v) is 8.12. The zero-order valence-electron chi connectivity index (χ0n) is 10.1. The molecule has 1 aliphatic rings. The summed E-state index contributed by atoms with van der Waals surface area (Å²) < 4.78 is 7.26. The summed E-state index contributed by atoms with van der Waals surface area (Å²) in [7, 11) is 0. The summed E-state index contributed by atoms with van der Waals surface area (Å²) in [5.74, 6) is 1.81. The molecule has 0 aromatic heterocycles. The van der Waals surface area contributed by atoms with Crippen molar-refractivity contribution in [2.75, 3.05) is 0 Å². The Morgan fingerprint density at radius 3 is 2.88 bits per heavy atom. The van der Waals surface area contributed by atoms with Gasteiger partial charge < -0.3 is 4.74 Å². The van der Waals surface area contributed by atoms with Gasteiger partial charge in [-0.05, 0) is 47.2 Å². The fourth-order valence-electron chi connectivity index (χ4n) is 2.44. The van der Waals surface area contributed by atoms with Crippen molar-refractivity contribution in [1.29, 1.82) is 0 Å². The molecule has 0 heterocycles. The van der Waals surface area contributed by atoms with Crippen LogP contribution in [0.1, 0.15) is 38.2 Å². The average Bonchev–Trinajstić information content (AvgIpc) is 2.32. The van der Waals surface area contributed by atoms with E-state index in [1.807, 2.05) is 6.07 Å². The van der Waals surface area contributed by atoms with Gasteiger partial charge in [-0.2, -0.15) is 0 Å². The number of rotatable bonds is 3. The summed E-state index contributed by atoms with van der Waals surface area (Å²) >= 11 is 7.10. The van der Waals surface area contributed by atoms with Crippen LogP contribution in [-0.4, -0.2) is 6.10 Å². The molecule has 1 aromatic carbocycles. The fourth-order valence-corrected chi connectivity index (χ4v) is 3.39. The van der Waals surface area contributed by atoms with E-state index in [1.165, 1.54) is 31.2 Å². The maximum Gasteiger partial charge on any atom is 0.137 e. The SMILES string of the molecule is CC1CCCC(Oc2c(Br)cccc2CBr)C1. The Kier molecular flexibility index (Phi) is 4.92. The normalized spacial score (nSPS) is 24.6. The second-order valence-electron chi connectivity index (χ2n) is 4.87. The van der Waals surface area contributed by atoms with Crippen LogP contribution < -0.4 is 4.74 Å². The van der Waals surface area contributed by atoms with Gasteiger partial charge in [0.2, 0.25) is 0 Å². The third-order valence-corrected chi connectivity index (χ3v) is 4.59. The lowest BCUT2D eigenvalue weighted by Crippen LogP contribution is -2.24. The van der Waals surface area contributed by atoms with E-state index in [0.29, 0.717) is 6.10 Å². The topological polar surface area (TPSA) is 9.23 Å². The highest BCUT2D eigenvalue weighted by Crippen LogP contribution is 2.34. The molecule has 1 aliphatic carbocycles. The van der Waals surface area contributed by atoms with Crippen LogP contribution in [0, 0.1) is 5.92 Å². The van der Waals surface area contributed by atoms with Crippen molar-refractivity contribution in [3.8, 4) is 5.75 Å². The molecule has 0 spiro atoms. The molecule has 0 amide bonds. The highest BCUT2D eigenvalue weighted by Gasteiger charge is 2.21. The van der Waals surface area contributed by atoms with Crippen LogP contribution in [0.15, 0.2) is 22.7 Å². The minimum absolute atomic E-state index is 0.384. The van der Waals surface area contributed by atoms with Crippen molar-refractivity contribution < 1.29 is 4.74 Å². The maximum absolute atomic E-state index is 6.20. The Bertz CT molecular complexity index is 378. The predicted molar refractivity (Wildman–Crippen MR) is 78.8 cm³/mol. The summed E-state index contributed by atoms with van der Waals surface area (Å²) in [5.41, 5.74) is 1.22. The molecule has 0 aliphatic heterocycles. The number of benzene rings is 1. The van der Waals surface area contributed by atoms with Gasteiger partial charge >= 0.3 is 0 Å². The van der Waals surface area contributed by atoms with Crippen LogP contribution in [0.3, 0.4) is 0 Å². The molecule has 1 nitrogen and oxygen atoms in total. The van der Waals surface area contributed by atoms with Gasteiger partial charge in [-0.25, -0.2) is 0 Å². The summed E-state index contributed by atoms with van der Waals surface area (Å²) in [6, 6.07) is 6.21. The standard InChI is InChI=1S/C14H18Br2O/c1-10-4-2-6-12(8-10)17-14-11(9-15)5-3-7-13(14)16/h3,5,7,10,12H,2,4,6,8-9H2,1H3.